The van der Waals surface area contributed by atoms with Crippen LogP contribution in [0.2, 0.25) is 0 Å². The fourth-order valence-electron chi connectivity index (χ4n) is 3.52. The van der Waals surface area contributed by atoms with Crippen molar-refractivity contribution in [2.24, 2.45) is 5.41 Å². The van der Waals surface area contributed by atoms with Crippen LogP contribution in [0.3, 0.4) is 0 Å². The molecular weight excluding hydrogens is 364 g/mol. The number of methoxy groups -OCH3 is 1. The summed E-state index contributed by atoms with van der Waals surface area (Å²) in [6.07, 6.45) is 1.48. The maximum atomic E-state index is 12.6. The van der Waals surface area contributed by atoms with E-state index in [9.17, 15) is 4.79 Å². The maximum absolute atomic E-state index is 12.6. The van der Waals surface area contributed by atoms with Crippen LogP contribution in [-0.2, 0) is 9.53 Å². The van der Waals surface area contributed by atoms with E-state index < -0.39 is 6.10 Å². The molecule has 6 heteroatoms. The van der Waals surface area contributed by atoms with E-state index in [4.69, 9.17) is 9.47 Å². The standard InChI is InChI=1S/C21H34N2O3.ClH/c1-15(2)18-7-6-16(3)12-19(18)26-17(4)20(24)23-13-21(14-25-5)8-10-22-11-9-21;/h6-7,12,15,17,22H,8-11,13-14H2,1-5H3,(H,23,24);1H. The Balaban J connectivity index is 0.00000364. The van der Waals surface area contributed by atoms with Gasteiger partial charge in [0.15, 0.2) is 6.10 Å². The number of aryl methyl sites for hydroxylation is 1. The van der Waals surface area contributed by atoms with Gasteiger partial charge in [0.05, 0.1) is 6.61 Å². The monoisotopic (exact) mass is 398 g/mol. The van der Waals surface area contributed by atoms with Gasteiger partial charge in [-0.2, -0.15) is 0 Å². The zero-order valence-corrected chi connectivity index (χ0v) is 18.1. The van der Waals surface area contributed by atoms with Crippen molar-refractivity contribution in [3.05, 3.63) is 29.3 Å². The van der Waals surface area contributed by atoms with Crippen molar-refractivity contribution in [2.75, 3.05) is 33.4 Å². The molecule has 27 heavy (non-hydrogen) atoms. The van der Waals surface area contributed by atoms with E-state index in [0.717, 1.165) is 42.8 Å². The van der Waals surface area contributed by atoms with Gasteiger partial charge in [0.2, 0.25) is 0 Å². The number of halogens is 1. The number of piperidine rings is 1. The lowest BCUT2D eigenvalue weighted by Gasteiger charge is -2.37. The molecule has 0 aromatic heterocycles. The summed E-state index contributed by atoms with van der Waals surface area (Å²) in [6.45, 7) is 11.3. The summed E-state index contributed by atoms with van der Waals surface area (Å²) in [5.41, 5.74) is 2.28. The molecule has 0 bridgehead atoms. The zero-order chi connectivity index (χ0) is 19.2. The van der Waals surface area contributed by atoms with Crippen LogP contribution < -0.4 is 15.4 Å². The lowest BCUT2D eigenvalue weighted by Crippen LogP contribution is -2.49. The number of carbonyl (C=O) groups excluding carboxylic acids is 1. The molecular formula is C21H35ClN2O3. The molecule has 1 amide bonds. The van der Waals surface area contributed by atoms with Crippen LogP contribution in [0.15, 0.2) is 18.2 Å². The molecule has 2 rings (SSSR count). The van der Waals surface area contributed by atoms with Gasteiger partial charge in [-0.3, -0.25) is 4.79 Å². The lowest BCUT2D eigenvalue weighted by atomic mass is 9.79. The molecule has 0 saturated carbocycles. The van der Waals surface area contributed by atoms with Gasteiger partial charge < -0.3 is 20.1 Å². The highest BCUT2D eigenvalue weighted by Crippen LogP contribution is 2.29. The smallest absolute Gasteiger partial charge is 0.260 e. The van der Waals surface area contributed by atoms with Gasteiger partial charge in [-0.25, -0.2) is 0 Å². The number of ether oxygens (including phenoxy) is 2. The van der Waals surface area contributed by atoms with Gasteiger partial charge in [-0.15, -0.1) is 12.4 Å². The van der Waals surface area contributed by atoms with Crippen molar-refractivity contribution in [1.29, 1.82) is 0 Å². The predicted octanol–water partition coefficient (Wildman–Crippen LogP) is 3.44. The molecule has 2 N–H and O–H groups in total. The Morgan fingerprint density at radius 1 is 1.26 bits per heavy atom. The Kier molecular flexibility index (Phi) is 9.57. The van der Waals surface area contributed by atoms with Crippen LogP contribution in [0.25, 0.3) is 0 Å². The molecule has 1 unspecified atom stereocenters. The first kappa shape index (κ1) is 23.7. The number of nitrogens with one attached hydrogen (secondary N) is 2. The van der Waals surface area contributed by atoms with E-state index in [0.29, 0.717) is 19.1 Å². The van der Waals surface area contributed by atoms with Crippen LogP contribution in [0.4, 0.5) is 0 Å². The summed E-state index contributed by atoms with van der Waals surface area (Å²) in [7, 11) is 1.72. The first-order chi connectivity index (χ1) is 12.4. The van der Waals surface area contributed by atoms with Gasteiger partial charge in [-0.05, 0) is 62.9 Å². The van der Waals surface area contributed by atoms with E-state index in [-0.39, 0.29) is 23.7 Å². The van der Waals surface area contributed by atoms with E-state index >= 15 is 0 Å². The van der Waals surface area contributed by atoms with Crippen LogP contribution in [0, 0.1) is 12.3 Å². The number of hydrogen-bond acceptors (Lipinski definition) is 4. The summed E-state index contributed by atoms with van der Waals surface area (Å²) in [5.74, 6) is 1.08. The third-order valence-corrected chi connectivity index (χ3v) is 5.22. The third kappa shape index (κ3) is 6.66. The highest BCUT2D eigenvalue weighted by Gasteiger charge is 2.33. The van der Waals surface area contributed by atoms with Crippen molar-refractivity contribution in [1.82, 2.24) is 10.6 Å². The molecule has 0 radical (unpaired) electrons. The number of hydrogen-bond donors (Lipinski definition) is 2. The third-order valence-electron chi connectivity index (χ3n) is 5.22. The molecule has 1 aliphatic rings. The van der Waals surface area contributed by atoms with E-state index in [1.54, 1.807) is 7.11 Å². The highest BCUT2D eigenvalue weighted by molar-refractivity contribution is 5.85. The number of carbonyl (C=O) groups is 1. The minimum absolute atomic E-state index is 0. The fourth-order valence-corrected chi connectivity index (χ4v) is 3.52. The fraction of sp³-hybridized carbons (Fsp3) is 0.667. The second-order valence-corrected chi connectivity index (χ2v) is 7.86. The van der Waals surface area contributed by atoms with Crippen molar-refractivity contribution >= 4 is 18.3 Å². The normalized spacial score (nSPS) is 17.1. The Morgan fingerprint density at radius 3 is 2.52 bits per heavy atom. The summed E-state index contributed by atoms with van der Waals surface area (Å²) in [4.78, 5) is 12.6. The summed E-state index contributed by atoms with van der Waals surface area (Å²) in [6, 6.07) is 6.18. The van der Waals surface area contributed by atoms with E-state index in [1.165, 1.54) is 0 Å². The molecule has 1 atom stereocenters. The maximum Gasteiger partial charge on any atom is 0.260 e. The summed E-state index contributed by atoms with van der Waals surface area (Å²) >= 11 is 0. The van der Waals surface area contributed by atoms with E-state index in [1.807, 2.05) is 19.9 Å². The van der Waals surface area contributed by atoms with Crippen LogP contribution >= 0.6 is 12.4 Å². The number of benzene rings is 1. The number of amides is 1. The molecule has 1 aromatic carbocycles. The molecule has 1 aliphatic heterocycles. The number of rotatable bonds is 8. The largest absolute Gasteiger partial charge is 0.481 e. The second-order valence-electron chi connectivity index (χ2n) is 7.86. The molecule has 1 fully saturated rings. The predicted molar refractivity (Wildman–Crippen MR) is 112 cm³/mol. The summed E-state index contributed by atoms with van der Waals surface area (Å²) < 4.78 is 11.4. The van der Waals surface area contributed by atoms with Crippen molar-refractivity contribution in [3.63, 3.8) is 0 Å². The second kappa shape index (κ2) is 10.9. The average molecular weight is 399 g/mol. The van der Waals surface area contributed by atoms with Gasteiger partial charge in [0, 0.05) is 19.1 Å². The molecule has 0 spiro atoms. The molecule has 154 valence electrons. The molecule has 5 nitrogen and oxygen atoms in total. The van der Waals surface area contributed by atoms with Crippen molar-refractivity contribution < 1.29 is 14.3 Å². The van der Waals surface area contributed by atoms with Crippen LogP contribution in [-0.4, -0.2) is 45.4 Å². The lowest BCUT2D eigenvalue weighted by molar-refractivity contribution is -0.128. The molecule has 0 aliphatic carbocycles. The summed E-state index contributed by atoms with van der Waals surface area (Å²) in [5, 5.41) is 6.46. The SMILES string of the molecule is COCC1(CNC(=O)C(C)Oc2cc(C)ccc2C(C)C)CCNCC1.Cl. The first-order valence-corrected chi connectivity index (χ1v) is 9.61. The van der Waals surface area contributed by atoms with Crippen molar-refractivity contribution in [2.45, 2.75) is 52.6 Å². The van der Waals surface area contributed by atoms with Crippen LogP contribution in [0.5, 0.6) is 5.75 Å². The van der Waals surface area contributed by atoms with Crippen LogP contribution in [0.1, 0.15) is 50.7 Å². The quantitative estimate of drug-likeness (QED) is 0.704. The van der Waals surface area contributed by atoms with Gasteiger partial charge >= 0.3 is 0 Å². The van der Waals surface area contributed by atoms with Gasteiger partial charge in [-0.1, -0.05) is 26.0 Å². The topological polar surface area (TPSA) is 59.6 Å². The van der Waals surface area contributed by atoms with Crippen molar-refractivity contribution in [3.8, 4) is 5.75 Å². The average Bonchev–Trinajstić information content (AvgIpc) is 2.60. The minimum atomic E-state index is -0.532. The Labute approximate surface area is 170 Å². The van der Waals surface area contributed by atoms with Gasteiger partial charge in [0.1, 0.15) is 5.75 Å². The van der Waals surface area contributed by atoms with E-state index in [2.05, 4.69) is 36.6 Å². The van der Waals surface area contributed by atoms with Gasteiger partial charge in [0.25, 0.3) is 5.91 Å². The highest BCUT2D eigenvalue weighted by atomic mass is 35.5. The molecule has 1 aromatic rings. The molecule has 1 heterocycles. The Morgan fingerprint density at radius 2 is 1.93 bits per heavy atom. The minimum Gasteiger partial charge on any atom is -0.481 e. The Bertz CT molecular complexity index is 596. The zero-order valence-electron chi connectivity index (χ0n) is 17.3. The Hall–Kier alpha value is -1.30. The molecule has 1 saturated heterocycles. The first-order valence-electron chi connectivity index (χ1n) is 9.61.